The zero-order chi connectivity index (χ0) is 32.1. The van der Waals surface area contributed by atoms with Gasteiger partial charge in [0, 0.05) is 89.5 Å². The molecule has 2 aromatic rings. The van der Waals surface area contributed by atoms with E-state index in [-0.39, 0.29) is 41.4 Å². The summed E-state index contributed by atoms with van der Waals surface area (Å²) >= 11 is 0. The van der Waals surface area contributed by atoms with Gasteiger partial charge in [0.25, 0.3) is 0 Å². The van der Waals surface area contributed by atoms with Crippen molar-refractivity contribution in [2.45, 2.75) is 52.1 Å². The number of benzene rings is 2. The zero-order valence-electron chi connectivity index (χ0n) is 28.0. The van der Waals surface area contributed by atoms with E-state index in [1.165, 1.54) is 11.6 Å². The minimum absolute atomic E-state index is 0.0408. The molecule has 2 aliphatic heterocycles. The topological polar surface area (TPSA) is 62.4 Å². The number of carbonyl (C=O) groups is 2. The number of hydrogen-bond acceptors (Lipinski definition) is 6. The Labute approximate surface area is 264 Å². The Kier molecular flexibility index (Phi) is 11.3. The Morgan fingerprint density at radius 1 is 0.932 bits per heavy atom. The number of likely N-dealkylation sites (tertiary alicyclic amines) is 1. The fourth-order valence-corrected chi connectivity index (χ4v) is 6.54. The van der Waals surface area contributed by atoms with Gasteiger partial charge in [0.05, 0.1) is 17.6 Å². The number of nitrogens with zero attached hydrogens (tertiary/aromatic N) is 5. The molecule has 0 aliphatic carbocycles. The lowest BCUT2D eigenvalue weighted by molar-refractivity contribution is -0.136. The van der Waals surface area contributed by atoms with Crippen molar-refractivity contribution in [1.82, 2.24) is 20.0 Å². The smallest absolute Gasteiger partial charge is 0.227 e. The highest BCUT2D eigenvalue weighted by molar-refractivity contribution is 5.81. The van der Waals surface area contributed by atoms with E-state index in [4.69, 9.17) is 0 Å². The molecule has 2 fully saturated rings. The number of halogens is 1. The number of anilines is 2. The molecule has 9 heteroatoms. The van der Waals surface area contributed by atoms with Crippen LogP contribution in [0.2, 0.25) is 0 Å². The Bertz CT molecular complexity index is 1260. The standard InChI is InChI=1S/C35H53FN6O2/c1-24(2)33(37-32(43)16-17-38(5)6)28-10-9-11-31(36)34(28)40-18-20-41(21-19-40)35(44)30-23-42(25(3)4)22-29(30)26-12-14-27(15-13-26)39(7)8/h9-15,24-25,29-30,33H,16-23H2,1-8H3,(H,37,43)/t29-,30?,33+/m1/s1. The lowest BCUT2D eigenvalue weighted by Gasteiger charge is -2.39. The molecular weight excluding hydrogens is 555 g/mol. The van der Waals surface area contributed by atoms with Gasteiger partial charge in [0.1, 0.15) is 5.82 Å². The third-order valence-electron chi connectivity index (χ3n) is 9.26. The lowest BCUT2D eigenvalue weighted by Crippen LogP contribution is -2.52. The first-order valence-electron chi connectivity index (χ1n) is 16.1. The minimum Gasteiger partial charge on any atom is -0.378 e. The summed E-state index contributed by atoms with van der Waals surface area (Å²) in [5.74, 6) is -0.0321. The first kappa shape index (κ1) is 33.7. The molecule has 44 heavy (non-hydrogen) atoms. The van der Waals surface area contributed by atoms with Crippen molar-refractivity contribution >= 4 is 23.2 Å². The number of rotatable bonds is 11. The van der Waals surface area contributed by atoms with Gasteiger partial charge in [0.2, 0.25) is 11.8 Å². The first-order chi connectivity index (χ1) is 20.9. The molecule has 3 atom stereocenters. The van der Waals surface area contributed by atoms with Crippen molar-refractivity contribution in [1.29, 1.82) is 0 Å². The summed E-state index contributed by atoms with van der Waals surface area (Å²) in [4.78, 5) is 37.4. The van der Waals surface area contributed by atoms with Crippen LogP contribution < -0.4 is 15.1 Å². The van der Waals surface area contributed by atoms with Crippen molar-refractivity contribution in [2.24, 2.45) is 11.8 Å². The van der Waals surface area contributed by atoms with Crippen LogP contribution in [0.4, 0.5) is 15.8 Å². The van der Waals surface area contributed by atoms with E-state index in [1.807, 2.05) is 44.1 Å². The molecule has 2 aromatic carbocycles. The van der Waals surface area contributed by atoms with E-state index in [1.54, 1.807) is 6.07 Å². The minimum atomic E-state index is -0.310. The molecule has 242 valence electrons. The number of hydrogen-bond donors (Lipinski definition) is 1. The summed E-state index contributed by atoms with van der Waals surface area (Å²) in [6, 6.07) is 13.8. The Balaban J connectivity index is 1.49. The maximum absolute atomic E-state index is 15.5. The van der Waals surface area contributed by atoms with Gasteiger partial charge in [-0.25, -0.2) is 4.39 Å². The third kappa shape index (κ3) is 7.91. The van der Waals surface area contributed by atoms with Crippen LogP contribution in [0.25, 0.3) is 0 Å². The molecule has 2 aliphatic rings. The van der Waals surface area contributed by atoms with E-state index in [2.05, 4.69) is 72.0 Å². The molecule has 0 spiro atoms. The monoisotopic (exact) mass is 608 g/mol. The quantitative estimate of drug-likeness (QED) is 0.408. The van der Waals surface area contributed by atoms with Crippen molar-refractivity contribution in [2.75, 3.05) is 83.8 Å². The van der Waals surface area contributed by atoms with Crippen LogP contribution in [-0.4, -0.2) is 107 Å². The molecule has 0 saturated carbocycles. The second-order valence-electron chi connectivity index (χ2n) is 13.6. The second-order valence-corrected chi connectivity index (χ2v) is 13.6. The second kappa shape index (κ2) is 14.7. The number of amides is 2. The maximum atomic E-state index is 15.5. The van der Waals surface area contributed by atoms with E-state index in [0.717, 1.165) is 24.3 Å². The van der Waals surface area contributed by atoms with Crippen molar-refractivity contribution < 1.29 is 14.0 Å². The highest BCUT2D eigenvalue weighted by Gasteiger charge is 2.42. The Hall–Kier alpha value is -3.17. The van der Waals surface area contributed by atoms with Crippen LogP contribution in [0.5, 0.6) is 0 Å². The van der Waals surface area contributed by atoms with Gasteiger partial charge in [-0.1, -0.05) is 38.1 Å². The normalized spacial score (nSPS) is 20.1. The molecule has 0 bridgehead atoms. The molecule has 4 rings (SSSR count). The first-order valence-corrected chi connectivity index (χ1v) is 16.1. The SMILES string of the molecule is CC(C)[C@H](NC(=O)CCN(C)C)c1cccc(F)c1N1CCN(C(=O)C2CN(C(C)C)C[C@@H]2c2ccc(N(C)C)cc2)CC1. The van der Waals surface area contributed by atoms with Crippen molar-refractivity contribution in [3.63, 3.8) is 0 Å². The van der Waals surface area contributed by atoms with Gasteiger partial charge in [-0.3, -0.25) is 14.5 Å². The lowest BCUT2D eigenvalue weighted by atomic mass is 9.87. The molecular formula is C35H53FN6O2. The van der Waals surface area contributed by atoms with Crippen LogP contribution in [-0.2, 0) is 9.59 Å². The molecule has 8 nitrogen and oxygen atoms in total. The average molecular weight is 609 g/mol. The van der Waals surface area contributed by atoms with E-state index in [0.29, 0.717) is 50.9 Å². The molecule has 1 N–H and O–H groups in total. The number of piperazine rings is 1. The summed E-state index contributed by atoms with van der Waals surface area (Å²) in [6.45, 7) is 12.9. The summed E-state index contributed by atoms with van der Waals surface area (Å²) in [5, 5.41) is 3.17. The zero-order valence-corrected chi connectivity index (χ0v) is 28.0. The van der Waals surface area contributed by atoms with Gasteiger partial charge in [-0.05, 0) is 57.6 Å². The molecule has 2 saturated heterocycles. The van der Waals surface area contributed by atoms with Crippen molar-refractivity contribution in [3.05, 3.63) is 59.4 Å². The maximum Gasteiger partial charge on any atom is 0.227 e. The predicted molar refractivity (Wildman–Crippen MR) is 178 cm³/mol. The van der Waals surface area contributed by atoms with Crippen LogP contribution >= 0.6 is 0 Å². The highest BCUT2D eigenvalue weighted by Crippen LogP contribution is 2.37. The van der Waals surface area contributed by atoms with Gasteiger partial charge >= 0.3 is 0 Å². The number of nitrogens with one attached hydrogen (secondary N) is 1. The number of carbonyl (C=O) groups excluding carboxylic acids is 2. The molecule has 0 aromatic heterocycles. The average Bonchev–Trinajstić information content (AvgIpc) is 3.44. The van der Waals surface area contributed by atoms with Crippen LogP contribution in [0.15, 0.2) is 42.5 Å². The van der Waals surface area contributed by atoms with Gasteiger partial charge in [0.15, 0.2) is 0 Å². The summed E-state index contributed by atoms with van der Waals surface area (Å²) in [7, 11) is 7.95. The van der Waals surface area contributed by atoms with Gasteiger partial charge in [-0.2, -0.15) is 0 Å². The fourth-order valence-electron chi connectivity index (χ4n) is 6.54. The van der Waals surface area contributed by atoms with Crippen LogP contribution in [0, 0.1) is 17.7 Å². The van der Waals surface area contributed by atoms with E-state index < -0.39 is 0 Å². The predicted octanol–water partition coefficient (Wildman–Crippen LogP) is 4.43. The van der Waals surface area contributed by atoms with E-state index in [9.17, 15) is 9.59 Å². The molecule has 0 radical (unpaired) electrons. The van der Waals surface area contributed by atoms with Gasteiger partial charge < -0.3 is 24.9 Å². The third-order valence-corrected chi connectivity index (χ3v) is 9.26. The summed E-state index contributed by atoms with van der Waals surface area (Å²) in [5.41, 5.74) is 3.69. The molecule has 2 heterocycles. The number of para-hydroxylation sites is 1. The van der Waals surface area contributed by atoms with E-state index >= 15 is 4.39 Å². The molecule has 1 unspecified atom stereocenters. The molecule has 2 amide bonds. The Morgan fingerprint density at radius 3 is 2.16 bits per heavy atom. The van der Waals surface area contributed by atoms with Crippen molar-refractivity contribution in [3.8, 4) is 0 Å². The van der Waals surface area contributed by atoms with Crippen LogP contribution in [0.1, 0.15) is 57.2 Å². The van der Waals surface area contributed by atoms with Crippen LogP contribution in [0.3, 0.4) is 0 Å². The fraction of sp³-hybridized carbons (Fsp3) is 0.600. The highest BCUT2D eigenvalue weighted by atomic mass is 19.1. The Morgan fingerprint density at radius 2 is 1.59 bits per heavy atom. The largest absolute Gasteiger partial charge is 0.378 e. The summed E-state index contributed by atoms with van der Waals surface area (Å²) < 4.78 is 15.5. The summed E-state index contributed by atoms with van der Waals surface area (Å²) in [6.07, 6.45) is 0.387. The van der Waals surface area contributed by atoms with Gasteiger partial charge in [-0.15, -0.1) is 0 Å².